The number of aliphatic hydroxyl groups excluding tert-OH is 1. The number of nitrogens with zero attached hydrogens (tertiary/aromatic N) is 2. The van der Waals surface area contributed by atoms with Crippen LogP contribution in [0, 0.1) is 17.8 Å². The average Bonchev–Trinajstić information content (AvgIpc) is 4.00. The molecule has 13 N–H and O–H groups in total. The molecule has 10 atom stereocenters. The predicted molar refractivity (Wildman–Crippen MR) is 258 cm³/mol. The van der Waals surface area contributed by atoms with Gasteiger partial charge in [0.25, 0.3) is 0 Å². The van der Waals surface area contributed by atoms with E-state index in [2.05, 4.69) is 31.9 Å². The van der Waals surface area contributed by atoms with E-state index >= 15 is 0 Å². The van der Waals surface area contributed by atoms with Crippen LogP contribution >= 0.6 is 0 Å². The summed E-state index contributed by atoms with van der Waals surface area (Å²) in [5.74, 6) is -11.5. The van der Waals surface area contributed by atoms with Crippen molar-refractivity contribution >= 4 is 65.1 Å². The first-order valence-electron chi connectivity index (χ1n) is 24.4. The minimum absolute atomic E-state index is 0.0255. The second kappa shape index (κ2) is 27.8. The summed E-state index contributed by atoms with van der Waals surface area (Å²) in [6, 6.07) is -3.26. The number of carboxylic acid groups (broad SMARTS) is 2. The van der Waals surface area contributed by atoms with E-state index in [-0.39, 0.29) is 64.0 Å². The third kappa shape index (κ3) is 17.6. The Morgan fingerprint density at radius 1 is 0.625 bits per heavy atom. The van der Waals surface area contributed by atoms with Gasteiger partial charge in [-0.25, -0.2) is 4.79 Å². The van der Waals surface area contributed by atoms with Crippen molar-refractivity contribution in [1.29, 1.82) is 0 Å². The monoisotopic (exact) mass is 1010 g/mol. The van der Waals surface area contributed by atoms with Crippen molar-refractivity contribution in [1.82, 2.24) is 41.7 Å². The summed E-state index contributed by atoms with van der Waals surface area (Å²) < 4.78 is 0. The van der Waals surface area contributed by atoms with Gasteiger partial charge in [0.2, 0.25) is 53.2 Å². The highest BCUT2D eigenvalue weighted by atomic mass is 16.4. The number of likely N-dealkylation sites (tertiary alicyclic amines) is 2. The number of amides is 9. The van der Waals surface area contributed by atoms with Gasteiger partial charge in [-0.2, -0.15) is 0 Å². The van der Waals surface area contributed by atoms with Gasteiger partial charge < -0.3 is 68.5 Å². The fourth-order valence-electron chi connectivity index (χ4n) is 8.58. The number of hydrogen-bond donors (Lipinski definition) is 11. The fraction of sp³-hybridized carbons (Fsp3) is 0.646. The van der Waals surface area contributed by atoms with Gasteiger partial charge in [0.05, 0.1) is 18.6 Å². The number of aliphatic hydroxyl groups is 1. The van der Waals surface area contributed by atoms with Crippen LogP contribution in [0.3, 0.4) is 0 Å². The van der Waals surface area contributed by atoms with Crippen molar-refractivity contribution in [3.05, 3.63) is 35.9 Å². The van der Waals surface area contributed by atoms with Crippen LogP contribution in [0.5, 0.6) is 0 Å². The van der Waals surface area contributed by atoms with Crippen molar-refractivity contribution < 1.29 is 68.1 Å². The molecule has 0 aromatic heterocycles. The summed E-state index contributed by atoms with van der Waals surface area (Å²) in [7, 11) is 0. The summed E-state index contributed by atoms with van der Waals surface area (Å²) in [5.41, 5.74) is 12.2. The Hall–Kier alpha value is -6.69. The third-order valence-electron chi connectivity index (χ3n) is 12.5. The largest absolute Gasteiger partial charge is 0.481 e. The van der Waals surface area contributed by atoms with Crippen LogP contribution in [-0.4, -0.2) is 164 Å². The molecule has 0 radical (unpaired) electrons. The summed E-state index contributed by atoms with van der Waals surface area (Å²) in [4.78, 5) is 148. The smallest absolute Gasteiger partial charge is 0.326 e. The zero-order chi connectivity index (χ0) is 54.1. The molecule has 1 aromatic carbocycles. The highest BCUT2D eigenvalue weighted by molar-refractivity contribution is 5.99. The molecule has 2 fully saturated rings. The lowest BCUT2D eigenvalue weighted by molar-refractivity contribution is -0.147. The first-order valence-corrected chi connectivity index (χ1v) is 24.4. The van der Waals surface area contributed by atoms with Crippen molar-refractivity contribution in [3.63, 3.8) is 0 Å². The maximum Gasteiger partial charge on any atom is 0.326 e. The lowest BCUT2D eigenvalue weighted by Crippen LogP contribution is -2.61. The van der Waals surface area contributed by atoms with E-state index in [0.29, 0.717) is 6.42 Å². The van der Waals surface area contributed by atoms with E-state index in [1.165, 1.54) is 11.8 Å². The lowest BCUT2D eigenvalue weighted by atomic mass is 10.00. The summed E-state index contributed by atoms with van der Waals surface area (Å²) in [6.45, 7) is 11.3. The van der Waals surface area contributed by atoms with Gasteiger partial charge in [-0.15, -0.1) is 0 Å². The molecule has 1 aromatic rings. The Kier molecular flexibility index (Phi) is 23.0. The Labute approximate surface area is 418 Å². The molecule has 2 aliphatic heterocycles. The van der Waals surface area contributed by atoms with Crippen molar-refractivity contribution in [3.8, 4) is 0 Å². The number of rotatable bonds is 27. The standard InChI is InChI=1S/C48H74N10O14/c1-24(2)21-31(42(65)56-39(27(7)59)45(68)55-38(26(5)6)48(71)72)52-43(66)33-15-12-20-58(33)47(70)37(25(3)4)54-44(67)34-16-11-19-57(34)46(69)32(23-36(61)62)53-41(64)30(17-18-35(50)60)51-40(63)29(49)22-28-13-9-8-10-14-28/h8-10,13-14,24-27,29-34,37-39,59H,11-12,15-23,49H2,1-7H3,(H2,50,60)(H,51,63)(H,52,66)(H,53,64)(H,54,67)(H,55,68)(H,56,65)(H,61,62)(H,71,72)/t27-,29+,30+,31+,32+,33+,34+,37+,38+,39+/m1/s1. The normalized spacial score (nSPS) is 18.9. The van der Waals surface area contributed by atoms with E-state index in [1.54, 1.807) is 71.9 Å². The third-order valence-corrected chi connectivity index (χ3v) is 12.5. The molecule has 2 heterocycles. The first-order chi connectivity index (χ1) is 33.7. The van der Waals surface area contributed by atoms with Crippen LogP contribution < -0.4 is 43.4 Å². The maximum absolute atomic E-state index is 14.3. The zero-order valence-corrected chi connectivity index (χ0v) is 42.1. The van der Waals surface area contributed by atoms with Crippen LogP contribution in [0.15, 0.2) is 30.3 Å². The van der Waals surface area contributed by atoms with Gasteiger partial charge in [-0.05, 0) is 75.2 Å². The molecule has 400 valence electrons. The van der Waals surface area contributed by atoms with Gasteiger partial charge in [0.1, 0.15) is 48.3 Å². The zero-order valence-electron chi connectivity index (χ0n) is 42.1. The number of carbonyl (C=O) groups is 11. The molecule has 0 unspecified atom stereocenters. The Morgan fingerprint density at radius 3 is 1.64 bits per heavy atom. The molecule has 2 saturated heterocycles. The van der Waals surface area contributed by atoms with Crippen molar-refractivity contribution in [2.75, 3.05) is 13.1 Å². The maximum atomic E-state index is 14.3. The summed E-state index contributed by atoms with van der Waals surface area (Å²) in [5, 5.41) is 44.8. The number of aliphatic carboxylic acids is 2. The van der Waals surface area contributed by atoms with Gasteiger partial charge >= 0.3 is 11.9 Å². The topological polar surface area (TPSA) is 379 Å². The first kappa shape index (κ1) is 59.6. The van der Waals surface area contributed by atoms with E-state index in [9.17, 15) is 68.1 Å². The fourth-order valence-corrected chi connectivity index (χ4v) is 8.58. The highest BCUT2D eigenvalue weighted by Gasteiger charge is 2.44. The quantitative estimate of drug-likeness (QED) is 0.0455. The number of primary amides is 1. The number of carbonyl (C=O) groups excluding carboxylic acids is 9. The van der Waals surface area contributed by atoms with Crippen LogP contribution in [0.4, 0.5) is 0 Å². The number of carboxylic acids is 2. The molecule has 2 aliphatic rings. The lowest BCUT2D eigenvalue weighted by Gasteiger charge is -2.33. The van der Waals surface area contributed by atoms with E-state index in [0.717, 1.165) is 10.5 Å². The van der Waals surface area contributed by atoms with Crippen LogP contribution in [0.2, 0.25) is 0 Å². The molecular formula is C48H74N10O14. The van der Waals surface area contributed by atoms with Gasteiger partial charge in [0.15, 0.2) is 0 Å². The number of nitrogens with two attached hydrogens (primary N) is 2. The second-order valence-corrected chi connectivity index (χ2v) is 19.6. The summed E-state index contributed by atoms with van der Waals surface area (Å²) >= 11 is 0. The number of benzene rings is 1. The highest BCUT2D eigenvalue weighted by Crippen LogP contribution is 2.24. The molecule has 9 amide bonds. The van der Waals surface area contributed by atoms with Crippen LogP contribution in [-0.2, 0) is 59.2 Å². The van der Waals surface area contributed by atoms with Crippen molar-refractivity contribution in [2.24, 2.45) is 29.2 Å². The van der Waals surface area contributed by atoms with Crippen molar-refractivity contribution in [2.45, 2.75) is 167 Å². The molecule has 72 heavy (non-hydrogen) atoms. The molecule has 24 nitrogen and oxygen atoms in total. The molecular weight excluding hydrogens is 941 g/mol. The molecule has 0 bridgehead atoms. The Balaban J connectivity index is 1.77. The molecule has 3 rings (SSSR count). The van der Waals surface area contributed by atoms with E-state index in [4.69, 9.17) is 11.5 Å². The van der Waals surface area contributed by atoms with E-state index < -0.39 is 144 Å². The Bertz CT molecular complexity index is 2120. The Morgan fingerprint density at radius 2 is 1.14 bits per heavy atom. The molecule has 0 aliphatic carbocycles. The summed E-state index contributed by atoms with van der Waals surface area (Å²) in [6.07, 6.45) is -1.94. The second-order valence-electron chi connectivity index (χ2n) is 19.6. The van der Waals surface area contributed by atoms with Gasteiger partial charge in [0, 0.05) is 19.5 Å². The molecule has 0 spiro atoms. The molecule has 24 heteroatoms. The minimum atomic E-state index is -1.74. The molecule has 0 saturated carbocycles. The predicted octanol–water partition coefficient (Wildman–Crippen LogP) is -1.99. The van der Waals surface area contributed by atoms with Crippen LogP contribution in [0.1, 0.15) is 105 Å². The minimum Gasteiger partial charge on any atom is -0.481 e. The van der Waals surface area contributed by atoms with E-state index in [1.807, 2.05) is 0 Å². The average molecular weight is 1020 g/mol. The SMILES string of the molecule is CC(C)C[C@H](NC(=O)[C@@H]1CCCN1C(=O)[C@@H](NC(=O)[C@@H]1CCCN1C(=O)[C@H](CC(=O)O)NC(=O)[C@H](CCC(N)=O)NC(=O)[C@@H](N)Cc1ccccc1)C(C)C)C(=O)N[C@H](C(=O)N[C@H](C(=O)O)C(C)C)[C@@H](C)O. The van der Waals surface area contributed by atoms with Gasteiger partial charge in [-0.3, -0.25) is 47.9 Å². The number of hydrogen-bond acceptors (Lipinski definition) is 13. The number of nitrogens with one attached hydrogen (secondary N) is 6. The van der Waals surface area contributed by atoms with Gasteiger partial charge in [-0.1, -0.05) is 71.9 Å². The van der Waals surface area contributed by atoms with Crippen LogP contribution in [0.25, 0.3) is 0 Å².